The lowest BCUT2D eigenvalue weighted by Crippen LogP contribution is -2.35. The number of carbonyl (C=O) groups is 2. The first kappa shape index (κ1) is 21.7. The quantitative estimate of drug-likeness (QED) is 0.525. The lowest BCUT2D eigenvalue weighted by Gasteiger charge is -2.18. The van der Waals surface area contributed by atoms with Gasteiger partial charge in [0, 0.05) is 11.9 Å². The fourth-order valence-corrected chi connectivity index (χ4v) is 5.20. The number of aryl methyl sites for hydroxylation is 1. The summed E-state index contributed by atoms with van der Waals surface area (Å²) in [7, 11) is 1.62. The summed E-state index contributed by atoms with van der Waals surface area (Å²) in [6.07, 6.45) is 4.91. The molecule has 1 aliphatic rings. The fraction of sp³-hybridized carbons (Fsp3) is 0.474. The number of amides is 1. The van der Waals surface area contributed by atoms with Gasteiger partial charge in [0.05, 0.1) is 23.4 Å². The molecule has 0 aliphatic heterocycles. The zero-order chi connectivity index (χ0) is 21.1. The summed E-state index contributed by atoms with van der Waals surface area (Å²) in [6, 6.07) is 0. The highest BCUT2D eigenvalue weighted by molar-refractivity contribution is 7.80. The number of nitrogens with one attached hydrogen (secondary N) is 2. The number of carbonyl (C=O) groups excluding carboxylic acids is 2. The SMILES string of the molecule is CCCOC(=O)c1c(NC(=S)NC(=O)c2c(Cl)cnn2C)sc2c1CCC(C)C2. The number of halogens is 1. The molecule has 1 amide bonds. The van der Waals surface area contributed by atoms with Gasteiger partial charge in [-0.2, -0.15) is 5.10 Å². The molecule has 2 heterocycles. The number of thiocarbonyl (C=S) groups is 1. The van der Waals surface area contributed by atoms with E-state index in [0.29, 0.717) is 23.1 Å². The van der Waals surface area contributed by atoms with Crippen LogP contribution in [0.25, 0.3) is 0 Å². The van der Waals surface area contributed by atoms with Crippen molar-refractivity contribution in [3.63, 3.8) is 0 Å². The molecule has 1 unspecified atom stereocenters. The van der Waals surface area contributed by atoms with Crippen molar-refractivity contribution in [1.29, 1.82) is 0 Å². The summed E-state index contributed by atoms with van der Waals surface area (Å²) >= 11 is 12.8. The van der Waals surface area contributed by atoms with Gasteiger partial charge in [-0.3, -0.25) is 14.8 Å². The molecular formula is C19H23ClN4O3S2. The Morgan fingerprint density at radius 2 is 2.24 bits per heavy atom. The maximum absolute atomic E-state index is 12.7. The first-order valence-electron chi connectivity index (χ1n) is 9.43. The van der Waals surface area contributed by atoms with E-state index < -0.39 is 5.91 Å². The Morgan fingerprint density at radius 3 is 2.90 bits per heavy atom. The highest BCUT2D eigenvalue weighted by atomic mass is 35.5. The molecule has 0 fully saturated rings. The minimum Gasteiger partial charge on any atom is -0.462 e. The summed E-state index contributed by atoms with van der Waals surface area (Å²) in [5, 5.41) is 10.5. The van der Waals surface area contributed by atoms with Gasteiger partial charge in [-0.05, 0) is 49.4 Å². The van der Waals surface area contributed by atoms with Gasteiger partial charge in [0.15, 0.2) is 5.11 Å². The second-order valence-corrected chi connectivity index (χ2v) is 8.99. The molecule has 3 rings (SSSR count). The number of anilines is 1. The molecule has 29 heavy (non-hydrogen) atoms. The van der Waals surface area contributed by atoms with Crippen LogP contribution in [-0.2, 0) is 24.6 Å². The summed E-state index contributed by atoms with van der Waals surface area (Å²) in [5.74, 6) is -0.269. The minimum absolute atomic E-state index is 0.0865. The van der Waals surface area contributed by atoms with Gasteiger partial charge in [0.2, 0.25) is 0 Å². The van der Waals surface area contributed by atoms with Crippen molar-refractivity contribution in [3.05, 3.63) is 32.9 Å². The Morgan fingerprint density at radius 1 is 1.48 bits per heavy atom. The van der Waals surface area contributed by atoms with Crippen LogP contribution >= 0.6 is 35.2 Å². The predicted molar refractivity (Wildman–Crippen MR) is 118 cm³/mol. The van der Waals surface area contributed by atoms with E-state index >= 15 is 0 Å². The molecule has 2 aromatic heterocycles. The third-order valence-electron chi connectivity index (χ3n) is 4.72. The Balaban J connectivity index is 1.81. The molecule has 0 aromatic carbocycles. The zero-order valence-electron chi connectivity index (χ0n) is 16.5. The van der Waals surface area contributed by atoms with Crippen molar-refractivity contribution >= 4 is 57.1 Å². The first-order valence-corrected chi connectivity index (χ1v) is 11.0. The lowest BCUT2D eigenvalue weighted by molar-refractivity contribution is 0.0505. The van der Waals surface area contributed by atoms with Crippen LogP contribution in [-0.4, -0.2) is 33.4 Å². The van der Waals surface area contributed by atoms with Crippen molar-refractivity contribution in [2.75, 3.05) is 11.9 Å². The van der Waals surface area contributed by atoms with Crippen molar-refractivity contribution in [3.8, 4) is 0 Å². The molecular weight excluding hydrogens is 432 g/mol. The molecule has 0 spiro atoms. The Bertz CT molecular complexity index is 934. The Kier molecular flexibility index (Phi) is 6.92. The molecule has 7 nitrogen and oxygen atoms in total. The molecule has 2 aromatic rings. The topological polar surface area (TPSA) is 85.2 Å². The van der Waals surface area contributed by atoms with E-state index in [4.69, 9.17) is 28.6 Å². The largest absolute Gasteiger partial charge is 0.462 e. The highest BCUT2D eigenvalue weighted by Gasteiger charge is 2.29. The Hall–Kier alpha value is -1.97. The van der Waals surface area contributed by atoms with Crippen LogP contribution in [0.3, 0.4) is 0 Å². The van der Waals surface area contributed by atoms with Crippen LogP contribution in [0.5, 0.6) is 0 Å². The number of hydrogen-bond acceptors (Lipinski definition) is 6. The molecule has 156 valence electrons. The second kappa shape index (κ2) is 9.23. The summed E-state index contributed by atoms with van der Waals surface area (Å²) in [6.45, 7) is 4.51. The van der Waals surface area contributed by atoms with E-state index in [1.165, 1.54) is 27.1 Å². The predicted octanol–water partition coefficient (Wildman–Crippen LogP) is 3.95. The zero-order valence-corrected chi connectivity index (χ0v) is 18.9. The molecule has 0 saturated heterocycles. The smallest absolute Gasteiger partial charge is 0.341 e. The normalized spacial score (nSPS) is 15.5. The van der Waals surface area contributed by atoms with Gasteiger partial charge in [0.25, 0.3) is 5.91 Å². The number of aromatic nitrogens is 2. The van der Waals surface area contributed by atoms with E-state index in [9.17, 15) is 9.59 Å². The molecule has 0 radical (unpaired) electrons. The molecule has 10 heteroatoms. The van der Waals surface area contributed by atoms with Crippen molar-refractivity contribution in [2.24, 2.45) is 13.0 Å². The summed E-state index contributed by atoms with van der Waals surface area (Å²) in [4.78, 5) is 26.3. The number of fused-ring (bicyclic) bond motifs is 1. The van der Waals surface area contributed by atoms with Gasteiger partial charge in [-0.25, -0.2) is 4.79 Å². The molecule has 1 aliphatic carbocycles. The van der Waals surface area contributed by atoms with Crippen LogP contribution < -0.4 is 10.6 Å². The first-order chi connectivity index (χ1) is 13.8. The Labute approximate surface area is 183 Å². The van der Waals surface area contributed by atoms with Gasteiger partial charge >= 0.3 is 5.97 Å². The van der Waals surface area contributed by atoms with Crippen molar-refractivity contribution < 1.29 is 14.3 Å². The molecule has 1 atom stereocenters. The van der Waals surface area contributed by atoms with Crippen LogP contribution in [0.1, 0.15) is 58.0 Å². The van der Waals surface area contributed by atoms with Gasteiger partial charge in [-0.1, -0.05) is 25.4 Å². The molecule has 0 bridgehead atoms. The number of ether oxygens (including phenoxy) is 1. The van der Waals surface area contributed by atoms with E-state index in [1.54, 1.807) is 7.05 Å². The van der Waals surface area contributed by atoms with Gasteiger partial charge in [-0.15, -0.1) is 11.3 Å². The average molecular weight is 455 g/mol. The standard InChI is InChI=1S/C19H23ClN4O3S2/c1-4-7-27-18(26)14-11-6-5-10(2)8-13(11)29-17(14)23-19(28)22-16(25)15-12(20)9-21-24(15)3/h9-10H,4-8H2,1-3H3,(H2,22,23,25,28). The monoisotopic (exact) mass is 454 g/mol. The van der Waals surface area contributed by atoms with E-state index in [2.05, 4.69) is 22.7 Å². The second-order valence-electron chi connectivity index (χ2n) is 7.06. The number of thiophene rings is 1. The van der Waals surface area contributed by atoms with E-state index in [1.807, 2.05) is 6.92 Å². The van der Waals surface area contributed by atoms with Crippen LogP contribution in [0, 0.1) is 5.92 Å². The van der Waals surface area contributed by atoms with E-state index in [-0.39, 0.29) is 21.8 Å². The average Bonchev–Trinajstić information content (AvgIpc) is 3.18. The van der Waals surface area contributed by atoms with Crippen molar-refractivity contribution in [1.82, 2.24) is 15.1 Å². The van der Waals surface area contributed by atoms with Crippen molar-refractivity contribution in [2.45, 2.75) is 39.5 Å². The summed E-state index contributed by atoms with van der Waals surface area (Å²) < 4.78 is 6.76. The third kappa shape index (κ3) is 4.79. The lowest BCUT2D eigenvalue weighted by atomic mass is 9.88. The van der Waals surface area contributed by atoms with Gasteiger partial charge in [0.1, 0.15) is 10.7 Å². The maximum atomic E-state index is 12.7. The fourth-order valence-electron chi connectivity index (χ4n) is 3.28. The number of rotatable bonds is 5. The van der Waals surface area contributed by atoms with E-state index in [0.717, 1.165) is 31.2 Å². The number of hydrogen-bond donors (Lipinski definition) is 2. The minimum atomic E-state index is -0.474. The maximum Gasteiger partial charge on any atom is 0.341 e. The highest BCUT2D eigenvalue weighted by Crippen LogP contribution is 2.40. The third-order valence-corrected chi connectivity index (χ3v) is 6.37. The summed E-state index contributed by atoms with van der Waals surface area (Å²) in [5.41, 5.74) is 1.76. The number of nitrogens with zero attached hydrogens (tertiary/aromatic N) is 2. The molecule has 2 N–H and O–H groups in total. The molecule has 0 saturated carbocycles. The number of esters is 1. The van der Waals surface area contributed by atoms with Crippen LogP contribution in [0.15, 0.2) is 6.20 Å². The van der Waals surface area contributed by atoms with Crippen LogP contribution in [0.4, 0.5) is 5.00 Å². The van der Waals surface area contributed by atoms with Crippen LogP contribution in [0.2, 0.25) is 5.02 Å². The van der Waals surface area contributed by atoms with Gasteiger partial charge < -0.3 is 10.1 Å².